The van der Waals surface area contributed by atoms with Crippen LogP contribution in [0.15, 0.2) is 30.4 Å². The van der Waals surface area contributed by atoms with Gasteiger partial charge in [0, 0.05) is 18.8 Å². The first-order valence-corrected chi connectivity index (χ1v) is 9.71. The van der Waals surface area contributed by atoms with Crippen LogP contribution in [0.4, 0.5) is 13.2 Å². The van der Waals surface area contributed by atoms with Crippen molar-refractivity contribution >= 4 is 5.97 Å². The molecule has 1 fully saturated rings. The number of esters is 1. The highest BCUT2D eigenvalue weighted by Gasteiger charge is 2.21. The van der Waals surface area contributed by atoms with E-state index in [1.165, 1.54) is 18.6 Å². The fourth-order valence-corrected chi connectivity index (χ4v) is 2.95. The molecule has 0 aromatic heterocycles. The van der Waals surface area contributed by atoms with E-state index in [-0.39, 0.29) is 24.9 Å². The minimum atomic E-state index is -1.86. The zero-order chi connectivity index (χ0) is 20.4. The van der Waals surface area contributed by atoms with Crippen LogP contribution in [0, 0.1) is 11.7 Å². The summed E-state index contributed by atoms with van der Waals surface area (Å²) in [5, 5.41) is 0. The first-order chi connectivity index (χ1) is 13.5. The molecule has 1 aromatic carbocycles. The van der Waals surface area contributed by atoms with Crippen LogP contribution >= 0.6 is 0 Å². The lowest BCUT2D eigenvalue weighted by Gasteiger charge is -2.29. The summed E-state index contributed by atoms with van der Waals surface area (Å²) in [6, 6.07) is 4.34. The predicted molar refractivity (Wildman–Crippen MR) is 98.6 cm³/mol. The van der Waals surface area contributed by atoms with E-state index in [0.717, 1.165) is 18.4 Å². The Hall–Kier alpha value is -1.86. The van der Waals surface area contributed by atoms with Gasteiger partial charge in [0.1, 0.15) is 0 Å². The Balaban J connectivity index is 1.75. The summed E-state index contributed by atoms with van der Waals surface area (Å²) in [7, 11) is 0. The number of unbranched alkanes of at least 4 members (excludes halogenated alkanes) is 1. The number of carbonyl (C=O) groups excluding carboxylic acids is 1. The molecule has 1 aliphatic rings. The highest BCUT2D eigenvalue weighted by atomic mass is 19.3. The molecular weight excluding hydrogens is 373 g/mol. The van der Waals surface area contributed by atoms with E-state index in [9.17, 15) is 18.0 Å². The Morgan fingerprint density at radius 1 is 1.25 bits per heavy atom. The van der Waals surface area contributed by atoms with Crippen molar-refractivity contribution in [1.82, 2.24) is 0 Å². The van der Waals surface area contributed by atoms with E-state index in [0.29, 0.717) is 38.0 Å². The Labute approximate surface area is 163 Å². The fourth-order valence-electron chi connectivity index (χ4n) is 2.95. The quantitative estimate of drug-likeness (QED) is 0.389. The number of benzene rings is 1. The summed E-state index contributed by atoms with van der Waals surface area (Å²) >= 11 is 0. The number of allylic oxidation sites excluding steroid dienone is 1. The summed E-state index contributed by atoms with van der Waals surface area (Å²) in [6.45, 7) is 3.54. The average molecular weight is 400 g/mol. The van der Waals surface area contributed by atoms with Crippen molar-refractivity contribution in [1.29, 1.82) is 0 Å². The summed E-state index contributed by atoms with van der Waals surface area (Å²) in [6.07, 6.45) is 2.70. The molecule has 0 atom stereocenters. The Morgan fingerprint density at radius 3 is 2.64 bits per heavy atom. The lowest BCUT2D eigenvalue weighted by atomic mass is 10.0. The molecule has 28 heavy (non-hydrogen) atoms. The molecule has 1 saturated heterocycles. The lowest BCUT2D eigenvalue weighted by molar-refractivity contribution is -0.203. The van der Waals surface area contributed by atoms with Crippen LogP contribution in [0.1, 0.15) is 51.0 Å². The maximum Gasteiger partial charge on any atom is 0.311 e. The smallest absolute Gasteiger partial charge is 0.311 e. The van der Waals surface area contributed by atoms with Gasteiger partial charge in [-0.1, -0.05) is 25.8 Å². The molecule has 156 valence electrons. The third kappa shape index (κ3) is 8.02. The normalized spacial score (nSPS) is 19.3. The van der Waals surface area contributed by atoms with E-state index in [4.69, 9.17) is 14.2 Å². The van der Waals surface area contributed by atoms with E-state index in [1.807, 2.05) is 0 Å². The topological polar surface area (TPSA) is 44.8 Å². The largest absolute Gasteiger partial charge is 0.423 e. The first kappa shape index (κ1) is 22.4. The molecule has 4 nitrogen and oxygen atoms in total. The van der Waals surface area contributed by atoms with Crippen LogP contribution < -0.4 is 4.74 Å². The van der Waals surface area contributed by atoms with Crippen molar-refractivity contribution in [3.05, 3.63) is 41.7 Å². The maximum atomic E-state index is 14.1. The van der Waals surface area contributed by atoms with Crippen LogP contribution in [0.3, 0.4) is 0 Å². The van der Waals surface area contributed by atoms with Crippen LogP contribution in [0.2, 0.25) is 0 Å². The van der Waals surface area contributed by atoms with Gasteiger partial charge in [0.15, 0.2) is 17.9 Å². The molecule has 0 bridgehead atoms. The number of aryl methyl sites for hydroxylation is 1. The average Bonchev–Trinajstić information content (AvgIpc) is 2.67. The maximum absolute atomic E-state index is 14.1. The van der Waals surface area contributed by atoms with Crippen LogP contribution in [0.25, 0.3) is 0 Å². The molecule has 0 amide bonds. The number of halogens is 3. The standard InChI is InChI=1S/C21H27F3O4/c1-2-3-5-16-13-26-21(27-14-16)11-9-15-8-10-18(17(22)12-15)28-20(25)7-4-6-19(23)24/h6,8,10,12,16,21H,2-5,7,9,11,13-14H2,1H3. The molecule has 0 unspecified atom stereocenters. The van der Waals surface area contributed by atoms with Crippen molar-refractivity contribution in [2.75, 3.05) is 13.2 Å². The first-order valence-electron chi connectivity index (χ1n) is 9.71. The minimum Gasteiger partial charge on any atom is -0.423 e. The highest BCUT2D eigenvalue weighted by Crippen LogP contribution is 2.23. The van der Waals surface area contributed by atoms with Gasteiger partial charge in [-0.3, -0.25) is 4.79 Å². The minimum absolute atomic E-state index is 0.151. The van der Waals surface area contributed by atoms with Crippen molar-refractivity contribution in [2.24, 2.45) is 5.92 Å². The number of carbonyl (C=O) groups is 1. The van der Waals surface area contributed by atoms with Crippen LogP contribution in [-0.2, 0) is 20.7 Å². The Bertz CT molecular complexity index is 651. The number of hydrogen-bond acceptors (Lipinski definition) is 4. The van der Waals surface area contributed by atoms with Gasteiger partial charge >= 0.3 is 5.97 Å². The van der Waals surface area contributed by atoms with Gasteiger partial charge in [-0.2, -0.15) is 8.78 Å². The summed E-state index contributed by atoms with van der Waals surface area (Å²) < 4.78 is 54.3. The van der Waals surface area contributed by atoms with Gasteiger partial charge in [-0.25, -0.2) is 4.39 Å². The molecule has 1 aromatic rings. The van der Waals surface area contributed by atoms with Gasteiger partial charge < -0.3 is 14.2 Å². The Kier molecular flexibility index (Phi) is 9.50. The fraction of sp³-hybridized carbons (Fsp3) is 0.571. The molecule has 1 aliphatic heterocycles. The molecule has 0 saturated carbocycles. The molecule has 0 spiro atoms. The van der Waals surface area contributed by atoms with Gasteiger partial charge in [-0.05, 0) is 43.0 Å². The molecule has 0 radical (unpaired) electrons. The summed E-state index contributed by atoms with van der Waals surface area (Å²) in [4.78, 5) is 11.6. The van der Waals surface area contributed by atoms with E-state index in [2.05, 4.69) is 6.92 Å². The Morgan fingerprint density at radius 2 is 2.00 bits per heavy atom. The van der Waals surface area contributed by atoms with Gasteiger partial charge in [0.2, 0.25) is 0 Å². The van der Waals surface area contributed by atoms with Gasteiger partial charge in [-0.15, -0.1) is 0 Å². The number of rotatable bonds is 10. The SMILES string of the molecule is CCCCC1COC(CCc2ccc(OC(=O)CCC=C(F)F)c(F)c2)OC1. The third-order valence-corrected chi connectivity index (χ3v) is 4.54. The second-order valence-electron chi connectivity index (χ2n) is 6.91. The van der Waals surface area contributed by atoms with E-state index >= 15 is 0 Å². The van der Waals surface area contributed by atoms with E-state index in [1.54, 1.807) is 6.07 Å². The van der Waals surface area contributed by atoms with E-state index < -0.39 is 17.9 Å². The lowest BCUT2D eigenvalue weighted by Crippen LogP contribution is -2.32. The summed E-state index contributed by atoms with van der Waals surface area (Å²) in [5.41, 5.74) is 0.736. The number of hydrogen-bond donors (Lipinski definition) is 0. The molecular formula is C21H27F3O4. The molecule has 1 heterocycles. The zero-order valence-electron chi connectivity index (χ0n) is 16.1. The molecule has 2 rings (SSSR count). The monoisotopic (exact) mass is 400 g/mol. The van der Waals surface area contributed by atoms with Crippen LogP contribution in [-0.4, -0.2) is 25.5 Å². The van der Waals surface area contributed by atoms with Crippen molar-refractivity contribution in [3.63, 3.8) is 0 Å². The highest BCUT2D eigenvalue weighted by molar-refractivity contribution is 5.72. The zero-order valence-corrected chi connectivity index (χ0v) is 16.1. The van der Waals surface area contributed by atoms with Crippen LogP contribution in [0.5, 0.6) is 5.75 Å². The molecule has 0 N–H and O–H groups in total. The predicted octanol–water partition coefficient (Wildman–Crippen LogP) is 5.40. The third-order valence-electron chi connectivity index (χ3n) is 4.54. The second-order valence-corrected chi connectivity index (χ2v) is 6.91. The van der Waals surface area contributed by atoms with Crippen molar-refractivity contribution in [2.45, 2.75) is 58.2 Å². The van der Waals surface area contributed by atoms with Gasteiger partial charge in [0.05, 0.1) is 13.2 Å². The van der Waals surface area contributed by atoms with Crippen molar-refractivity contribution < 1.29 is 32.2 Å². The second kappa shape index (κ2) is 11.9. The molecule has 7 heteroatoms. The summed E-state index contributed by atoms with van der Waals surface area (Å²) in [5.74, 6) is -1.18. The van der Waals surface area contributed by atoms with Gasteiger partial charge in [0.25, 0.3) is 6.08 Å². The number of ether oxygens (including phenoxy) is 3. The van der Waals surface area contributed by atoms with Crippen molar-refractivity contribution in [3.8, 4) is 5.75 Å². The molecule has 0 aliphatic carbocycles.